The molecule has 0 saturated heterocycles. The molecule has 2 aliphatic rings. The number of amides is 2. The SMILES string of the molecule is O=C1NC(c2ccc(-c3ccc(Cl)cc3)cn2)C2=C1CNC2=O. The van der Waals surface area contributed by atoms with E-state index in [0.717, 1.165) is 11.1 Å². The zero-order valence-corrected chi connectivity index (χ0v) is 12.7. The van der Waals surface area contributed by atoms with Crippen LogP contribution in [0.3, 0.4) is 0 Å². The number of nitrogens with zero attached hydrogens (tertiary/aromatic N) is 1. The molecule has 2 amide bonds. The van der Waals surface area contributed by atoms with E-state index < -0.39 is 6.04 Å². The Morgan fingerprint density at radius 3 is 2.43 bits per heavy atom. The first-order chi connectivity index (χ1) is 11.1. The summed E-state index contributed by atoms with van der Waals surface area (Å²) < 4.78 is 0. The molecule has 3 heterocycles. The Morgan fingerprint density at radius 2 is 1.74 bits per heavy atom. The van der Waals surface area contributed by atoms with E-state index in [2.05, 4.69) is 15.6 Å². The minimum Gasteiger partial charge on any atom is -0.348 e. The van der Waals surface area contributed by atoms with Crippen molar-refractivity contribution in [3.05, 3.63) is 64.5 Å². The minimum absolute atomic E-state index is 0.202. The molecule has 2 aliphatic heterocycles. The number of hydrogen-bond donors (Lipinski definition) is 2. The van der Waals surface area contributed by atoms with Gasteiger partial charge in [-0.3, -0.25) is 14.6 Å². The van der Waals surface area contributed by atoms with Crippen LogP contribution in [0.2, 0.25) is 5.02 Å². The topological polar surface area (TPSA) is 71.1 Å². The van der Waals surface area contributed by atoms with Gasteiger partial charge >= 0.3 is 0 Å². The van der Waals surface area contributed by atoms with Crippen molar-refractivity contribution < 1.29 is 9.59 Å². The van der Waals surface area contributed by atoms with Crippen molar-refractivity contribution in [2.75, 3.05) is 6.54 Å². The van der Waals surface area contributed by atoms with E-state index in [0.29, 0.717) is 28.4 Å². The summed E-state index contributed by atoms with van der Waals surface area (Å²) >= 11 is 5.89. The normalized spacial score (nSPS) is 19.6. The third-order valence-electron chi connectivity index (χ3n) is 4.09. The van der Waals surface area contributed by atoms with Gasteiger partial charge < -0.3 is 10.6 Å². The Bertz CT molecular complexity index is 839. The van der Waals surface area contributed by atoms with Crippen LogP contribution in [0, 0.1) is 0 Å². The quantitative estimate of drug-likeness (QED) is 0.887. The molecule has 1 unspecified atom stereocenters. The molecule has 0 saturated carbocycles. The average molecular weight is 326 g/mol. The van der Waals surface area contributed by atoms with Crippen LogP contribution in [0.15, 0.2) is 53.7 Å². The molecule has 5 nitrogen and oxygen atoms in total. The van der Waals surface area contributed by atoms with E-state index in [4.69, 9.17) is 11.6 Å². The Hall–Kier alpha value is -2.66. The van der Waals surface area contributed by atoms with Crippen molar-refractivity contribution >= 4 is 23.4 Å². The fourth-order valence-corrected chi connectivity index (χ4v) is 3.03. The molecule has 0 bridgehead atoms. The van der Waals surface area contributed by atoms with Gasteiger partial charge in [-0.25, -0.2) is 0 Å². The molecular formula is C17H12ClN3O2. The maximum absolute atomic E-state index is 11.9. The van der Waals surface area contributed by atoms with Gasteiger partial charge in [0.2, 0.25) is 5.91 Å². The number of nitrogens with one attached hydrogen (secondary N) is 2. The molecular weight excluding hydrogens is 314 g/mol. The maximum Gasteiger partial charge on any atom is 0.250 e. The van der Waals surface area contributed by atoms with Gasteiger partial charge in [-0.05, 0) is 23.8 Å². The summed E-state index contributed by atoms with van der Waals surface area (Å²) in [5, 5.41) is 6.17. The number of aromatic nitrogens is 1. The molecule has 0 fully saturated rings. The van der Waals surface area contributed by atoms with Gasteiger partial charge in [-0.2, -0.15) is 0 Å². The highest BCUT2D eigenvalue weighted by atomic mass is 35.5. The largest absolute Gasteiger partial charge is 0.348 e. The third-order valence-corrected chi connectivity index (χ3v) is 4.35. The summed E-state index contributed by atoms with van der Waals surface area (Å²) in [4.78, 5) is 28.2. The molecule has 1 atom stereocenters. The fraction of sp³-hybridized carbons (Fsp3) is 0.118. The maximum atomic E-state index is 11.9. The van der Waals surface area contributed by atoms with Crippen LogP contribution in [-0.4, -0.2) is 23.3 Å². The number of hydrogen-bond acceptors (Lipinski definition) is 3. The van der Waals surface area contributed by atoms with Gasteiger partial charge in [-0.1, -0.05) is 29.8 Å². The zero-order valence-electron chi connectivity index (χ0n) is 12.0. The molecule has 6 heteroatoms. The molecule has 2 N–H and O–H groups in total. The van der Waals surface area contributed by atoms with Gasteiger partial charge in [0.1, 0.15) is 6.04 Å². The van der Waals surface area contributed by atoms with E-state index in [-0.39, 0.29) is 11.8 Å². The van der Waals surface area contributed by atoms with E-state index >= 15 is 0 Å². The Kier molecular flexibility index (Phi) is 3.16. The lowest BCUT2D eigenvalue weighted by Crippen LogP contribution is -2.31. The van der Waals surface area contributed by atoms with Crippen molar-refractivity contribution in [3.8, 4) is 11.1 Å². The molecule has 0 spiro atoms. The van der Waals surface area contributed by atoms with E-state index in [9.17, 15) is 9.59 Å². The first-order valence-electron chi connectivity index (χ1n) is 7.17. The van der Waals surface area contributed by atoms with Crippen LogP contribution in [0.4, 0.5) is 0 Å². The van der Waals surface area contributed by atoms with Crippen molar-refractivity contribution in [3.63, 3.8) is 0 Å². The highest BCUT2D eigenvalue weighted by molar-refractivity contribution is 6.30. The van der Waals surface area contributed by atoms with Crippen molar-refractivity contribution in [2.45, 2.75) is 6.04 Å². The minimum atomic E-state index is -0.473. The Balaban J connectivity index is 1.65. The number of benzene rings is 1. The highest BCUT2D eigenvalue weighted by Crippen LogP contribution is 2.32. The lowest BCUT2D eigenvalue weighted by Gasteiger charge is -2.14. The Labute approximate surface area is 137 Å². The monoisotopic (exact) mass is 325 g/mol. The standard InChI is InChI=1S/C17H12ClN3O2/c18-11-4-1-9(2-5-11)10-3-6-13(19-7-10)15-14-12(16(22)21-15)8-20-17(14)23/h1-7,15H,8H2,(H,20,23)(H,21,22). The molecule has 0 aliphatic carbocycles. The van der Waals surface area contributed by atoms with Crippen LogP contribution in [0.25, 0.3) is 11.1 Å². The second-order valence-electron chi connectivity index (χ2n) is 5.46. The van der Waals surface area contributed by atoms with Crippen LogP contribution in [0.5, 0.6) is 0 Å². The zero-order chi connectivity index (χ0) is 16.0. The molecule has 114 valence electrons. The second kappa shape index (κ2) is 5.21. The lowest BCUT2D eigenvalue weighted by molar-refractivity contribution is -0.117. The van der Waals surface area contributed by atoms with E-state index in [1.165, 1.54) is 0 Å². The third kappa shape index (κ3) is 2.29. The fourth-order valence-electron chi connectivity index (χ4n) is 2.91. The second-order valence-corrected chi connectivity index (χ2v) is 5.90. The highest BCUT2D eigenvalue weighted by Gasteiger charge is 2.40. The average Bonchev–Trinajstić information content (AvgIpc) is 3.10. The lowest BCUT2D eigenvalue weighted by atomic mass is 10.0. The predicted molar refractivity (Wildman–Crippen MR) is 85.6 cm³/mol. The van der Waals surface area contributed by atoms with E-state index in [1.54, 1.807) is 6.20 Å². The summed E-state index contributed by atoms with van der Waals surface area (Å²) in [5.41, 5.74) is 3.60. The van der Waals surface area contributed by atoms with Gasteiger partial charge in [-0.15, -0.1) is 0 Å². The van der Waals surface area contributed by atoms with Crippen LogP contribution in [-0.2, 0) is 9.59 Å². The van der Waals surface area contributed by atoms with Crippen molar-refractivity contribution in [1.29, 1.82) is 0 Å². The summed E-state index contributed by atoms with van der Waals surface area (Å²) in [7, 11) is 0. The number of rotatable bonds is 2. The van der Waals surface area contributed by atoms with Gasteiger partial charge in [0.25, 0.3) is 5.91 Å². The summed E-state index contributed by atoms with van der Waals surface area (Å²) in [6.45, 7) is 0.291. The molecule has 2 aromatic rings. The molecule has 1 aromatic carbocycles. The number of carbonyl (C=O) groups is 2. The molecule has 0 radical (unpaired) electrons. The number of carbonyl (C=O) groups excluding carboxylic acids is 2. The van der Waals surface area contributed by atoms with Crippen LogP contribution >= 0.6 is 11.6 Å². The summed E-state index contributed by atoms with van der Waals surface area (Å²) in [6, 6.07) is 10.8. The first kappa shape index (κ1) is 14.0. The van der Waals surface area contributed by atoms with E-state index in [1.807, 2.05) is 36.4 Å². The molecule has 4 rings (SSSR count). The number of pyridine rings is 1. The summed E-state index contributed by atoms with van der Waals surface area (Å²) in [6.07, 6.45) is 1.73. The molecule has 1 aromatic heterocycles. The van der Waals surface area contributed by atoms with Gasteiger partial charge in [0.05, 0.1) is 11.3 Å². The van der Waals surface area contributed by atoms with Gasteiger partial charge in [0, 0.05) is 28.9 Å². The van der Waals surface area contributed by atoms with Gasteiger partial charge in [0.15, 0.2) is 0 Å². The van der Waals surface area contributed by atoms with Crippen LogP contribution in [0.1, 0.15) is 11.7 Å². The predicted octanol–water partition coefficient (Wildman–Crippen LogP) is 2.00. The van der Waals surface area contributed by atoms with Crippen LogP contribution < -0.4 is 10.6 Å². The Morgan fingerprint density at radius 1 is 1.00 bits per heavy atom. The van der Waals surface area contributed by atoms with Crippen molar-refractivity contribution in [1.82, 2.24) is 15.6 Å². The number of halogens is 1. The molecule has 23 heavy (non-hydrogen) atoms. The first-order valence-corrected chi connectivity index (χ1v) is 7.55. The smallest absolute Gasteiger partial charge is 0.250 e. The summed E-state index contributed by atoms with van der Waals surface area (Å²) in [5.74, 6) is -0.404. The van der Waals surface area contributed by atoms with Crippen molar-refractivity contribution in [2.24, 2.45) is 0 Å².